The van der Waals surface area contributed by atoms with E-state index in [9.17, 15) is 0 Å². The average molecular weight is 387 g/mol. The second-order valence-electron chi connectivity index (χ2n) is 8.12. The minimum absolute atomic E-state index is 0.185. The first kappa shape index (κ1) is 19.3. The van der Waals surface area contributed by atoms with Crippen molar-refractivity contribution in [2.75, 3.05) is 39.3 Å². The first-order chi connectivity index (χ1) is 13.8. The molecule has 0 spiro atoms. The van der Waals surface area contributed by atoms with Gasteiger partial charge in [-0.05, 0) is 61.4 Å². The molecule has 0 bridgehead atoms. The number of benzene rings is 1. The number of quaternary nitrogens is 2. The molecule has 2 fully saturated rings. The number of ether oxygens (including phenoxy) is 1. The Morgan fingerprint density at radius 1 is 1.07 bits per heavy atom. The zero-order valence-electron chi connectivity index (χ0n) is 17.2. The molecule has 152 valence electrons. The standard InChI is InChI=1S/C21H32N6O/c1-3-25-13-15-26(16-14-25)20(17-9-11-19(12-10-17)28-4-2)21-22-23-24-27(21)18-7-5-6-8-18/h9-12,18,20H,3-8,13-16H2,1-2H3/p+2/t20-/m1/s1. The lowest BCUT2D eigenvalue weighted by molar-refractivity contribution is -1.02. The summed E-state index contributed by atoms with van der Waals surface area (Å²) in [6, 6.07) is 9.22. The largest absolute Gasteiger partial charge is 0.494 e. The number of piperazine rings is 1. The van der Waals surface area contributed by atoms with E-state index in [2.05, 4.69) is 51.4 Å². The lowest BCUT2D eigenvalue weighted by Crippen LogP contribution is -3.28. The van der Waals surface area contributed by atoms with Gasteiger partial charge in [0.05, 0.1) is 19.2 Å². The number of nitrogens with zero attached hydrogens (tertiary/aromatic N) is 4. The van der Waals surface area contributed by atoms with E-state index in [0.29, 0.717) is 12.6 Å². The zero-order valence-corrected chi connectivity index (χ0v) is 17.2. The molecule has 4 rings (SSSR count). The third kappa shape index (κ3) is 4.05. The summed E-state index contributed by atoms with van der Waals surface area (Å²) >= 11 is 0. The van der Waals surface area contributed by atoms with E-state index in [0.717, 1.165) is 24.7 Å². The van der Waals surface area contributed by atoms with Crippen LogP contribution in [0.1, 0.15) is 63.0 Å². The first-order valence-corrected chi connectivity index (χ1v) is 11.0. The second kappa shape index (κ2) is 9.01. The van der Waals surface area contributed by atoms with Gasteiger partial charge in [0.15, 0.2) is 6.04 Å². The van der Waals surface area contributed by atoms with Crippen LogP contribution in [-0.2, 0) is 0 Å². The van der Waals surface area contributed by atoms with Crippen LogP contribution >= 0.6 is 0 Å². The van der Waals surface area contributed by atoms with Crippen molar-refractivity contribution in [1.82, 2.24) is 20.2 Å². The van der Waals surface area contributed by atoms with Crippen molar-refractivity contribution in [3.8, 4) is 5.75 Å². The number of nitrogens with one attached hydrogen (secondary N) is 2. The maximum Gasteiger partial charge on any atom is 0.214 e. The maximum absolute atomic E-state index is 5.65. The Labute approximate surface area is 167 Å². The fourth-order valence-electron chi connectivity index (χ4n) is 4.86. The molecule has 2 N–H and O–H groups in total. The highest BCUT2D eigenvalue weighted by Crippen LogP contribution is 2.31. The highest BCUT2D eigenvalue weighted by molar-refractivity contribution is 5.30. The highest BCUT2D eigenvalue weighted by Gasteiger charge is 2.36. The molecule has 1 saturated heterocycles. The summed E-state index contributed by atoms with van der Waals surface area (Å²) in [6.07, 6.45) is 4.94. The Bertz CT molecular complexity index is 732. The lowest BCUT2D eigenvalue weighted by atomic mass is 10.0. The normalized spacial score (nSPS) is 24.4. The number of hydrogen-bond acceptors (Lipinski definition) is 4. The molecule has 0 amide bonds. The summed E-state index contributed by atoms with van der Waals surface area (Å²) in [5, 5.41) is 13.1. The molecule has 7 nitrogen and oxygen atoms in total. The molecule has 1 aliphatic carbocycles. The predicted octanol–water partition coefficient (Wildman–Crippen LogP) is 0.0796. The summed E-state index contributed by atoms with van der Waals surface area (Å²) in [4.78, 5) is 3.28. The molecule has 0 radical (unpaired) electrons. The molecule has 28 heavy (non-hydrogen) atoms. The molecule has 1 saturated carbocycles. The Balaban J connectivity index is 1.65. The van der Waals surface area contributed by atoms with E-state index in [4.69, 9.17) is 4.74 Å². The quantitative estimate of drug-likeness (QED) is 0.708. The van der Waals surface area contributed by atoms with Crippen molar-refractivity contribution in [2.24, 2.45) is 0 Å². The van der Waals surface area contributed by atoms with Crippen LogP contribution < -0.4 is 14.5 Å². The summed E-state index contributed by atoms with van der Waals surface area (Å²) < 4.78 is 7.79. The number of aromatic nitrogens is 4. The van der Waals surface area contributed by atoms with Gasteiger partial charge in [-0.25, -0.2) is 4.68 Å². The Morgan fingerprint density at radius 3 is 2.43 bits per heavy atom. The van der Waals surface area contributed by atoms with Crippen LogP contribution in [0.3, 0.4) is 0 Å². The van der Waals surface area contributed by atoms with E-state index < -0.39 is 0 Å². The van der Waals surface area contributed by atoms with Crippen molar-refractivity contribution >= 4 is 0 Å². The zero-order chi connectivity index (χ0) is 19.3. The molecule has 1 aromatic carbocycles. The summed E-state index contributed by atoms with van der Waals surface area (Å²) in [7, 11) is 0. The lowest BCUT2D eigenvalue weighted by Gasteiger charge is -2.34. The molecular weight excluding hydrogens is 352 g/mol. The Morgan fingerprint density at radius 2 is 1.79 bits per heavy atom. The van der Waals surface area contributed by atoms with Crippen molar-refractivity contribution in [2.45, 2.75) is 51.6 Å². The predicted molar refractivity (Wildman–Crippen MR) is 107 cm³/mol. The SMILES string of the molecule is CCOc1ccc([C@H](c2nnnn2C2CCCC2)[NH+]2CC[NH+](CC)CC2)cc1. The van der Waals surface area contributed by atoms with Gasteiger partial charge in [0.1, 0.15) is 31.9 Å². The molecule has 1 aliphatic heterocycles. The van der Waals surface area contributed by atoms with E-state index in [1.54, 1.807) is 9.80 Å². The average Bonchev–Trinajstić information content (AvgIpc) is 3.42. The maximum atomic E-state index is 5.65. The molecule has 1 atom stereocenters. The van der Waals surface area contributed by atoms with Crippen LogP contribution in [0.5, 0.6) is 5.75 Å². The van der Waals surface area contributed by atoms with Crippen LogP contribution in [-0.4, -0.2) is 59.5 Å². The Kier molecular flexibility index (Phi) is 6.22. The van der Waals surface area contributed by atoms with Crippen LogP contribution in [0.15, 0.2) is 24.3 Å². The van der Waals surface area contributed by atoms with Gasteiger partial charge in [-0.3, -0.25) is 0 Å². The summed E-state index contributed by atoms with van der Waals surface area (Å²) in [6.45, 7) is 10.9. The third-order valence-corrected chi connectivity index (χ3v) is 6.48. The second-order valence-corrected chi connectivity index (χ2v) is 8.12. The first-order valence-electron chi connectivity index (χ1n) is 11.0. The topological polar surface area (TPSA) is 61.7 Å². The summed E-state index contributed by atoms with van der Waals surface area (Å²) in [5.41, 5.74) is 1.28. The molecule has 2 aromatic rings. The highest BCUT2D eigenvalue weighted by atomic mass is 16.5. The van der Waals surface area contributed by atoms with Crippen LogP contribution in [0, 0.1) is 0 Å². The van der Waals surface area contributed by atoms with Crippen LogP contribution in [0.25, 0.3) is 0 Å². The van der Waals surface area contributed by atoms with Gasteiger partial charge in [0.25, 0.3) is 0 Å². The third-order valence-electron chi connectivity index (χ3n) is 6.48. The van der Waals surface area contributed by atoms with Crippen LogP contribution in [0.4, 0.5) is 0 Å². The van der Waals surface area contributed by atoms with Crippen molar-refractivity contribution in [1.29, 1.82) is 0 Å². The molecule has 0 unspecified atom stereocenters. The fourth-order valence-corrected chi connectivity index (χ4v) is 4.86. The Hall–Kier alpha value is -1.99. The molecular formula is C21H34N6O+2. The van der Waals surface area contributed by atoms with E-state index in [1.165, 1.54) is 50.9 Å². The number of hydrogen-bond donors (Lipinski definition) is 2. The van der Waals surface area contributed by atoms with E-state index in [1.807, 2.05) is 6.92 Å². The van der Waals surface area contributed by atoms with E-state index >= 15 is 0 Å². The van der Waals surface area contributed by atoms with Gasteiger partial charge in [-0.2, -0.15) is 0 Å². The van der Waals surface area contributed by atoms with Gasteiger partial charge < -0.3 is 14.5 Å². The summed E-state index contributed by atoms with van der Waals surface area (Å²) in [5.74, 6) is 1.96. The van der Waals surface area contributed by atoms with Gasteiger partial charge >= 0.3 is 0 Å². The van der Waals surface area contributed by atoms with Crippen LogP contribution in [0.2, 0.25) is 0 Å². The van der Waals surface area contributed by atoms with Crippen molar-refractivity contribution in [3.05, 3.63) is 35.7 Å². The van der Waals surface area contributed by atoms with Gasteiger partial charge in [-0.1, -0.05) is 12.8 Å². The molecule has 1 aromatic heterocycles. The van der Waals surface area contributed by atoms with Gasteiger partial charge in [-0.15, -0.1) is 5.10 Å². The number of tetrazole rings is 1. The minimum atomic E-state index is 0.185. The van der Waals surface area contributed by atoms with Crippen molar-refractivity contribution < 1.29 is 14.5 Å². The molecule has 2 heterocycles. The molecule has 2 aliphatic rings. The van der Waals surface area contributed by atoms with E-state index in [-0.39, 0.29) is 6.04 Å². The minimum Gasteiger partial charge on any atom is -0.494 e. The van der Waals surface area contributed by atoms with Gasteiger partial charge in [0.2, 0.25) is 5.82 Å². The molecule has 7 heteroatoms. The number of rotatable bonds is 7. The monoisotopic (exact) mass is 386 g/mol. The smallest absolute Gasteiger partial charge is 0.214 e. The van der Waals surface area contributed by atoms with Crippen molar-refractivity contribution in [3.63, 3.8) is 0 Å². The number of likely N-dealkylation sites (N-methyl/N-ethyl adjacent to an activating group) is 1. The van der Waals surface area contributed by atoms with Gasteiger partial charge in [0, 0.05) is 5.56 Å². The fraction of sp³-hybridized carbons (Fsp3) is 0.667.